The van der Waals surface area contributed by atoms with Crippen molar-refractivity contribution >= 4 is 53.8 Å². The van der Waals surface area contributed by atoms with Crippen LogP contribution in [0.15, 0.2) is 64.1 Å². The third kappa shape index (κ3) is 5.53. The van der Waals surface area contributed by atoms with E-state index in [1.165, 1.54) is 0 Å². The number of carbonyl (C=O) groups excluding carboxylic acids is 1. The summed E-state index contributed by atoms with van der Waals surface area (Å²) in [5, 5.41) is 0. The number of carbonyl (C=O) groups is 1. The Hall–Kier alpha value is -1.55. The molecule has 0 bridgehead atoms. The molecule has 0 unspecified atom stereocenters. The van der Waals surface area contributed by atoms with Gasteiger partial charge < -0.3 is 9.47 Å². The highest BCUT2D eigenvalue weighted by Gasteiger charge is 2.61. The second kappa shape index (κ2) is 9.51. The van der Waals surface area contributed by atoms with Gasteiger partial charge in [0.2, 0.25) is 0 Å². The van der Waals surface area contributed by atoms with Gasteiger partial charge in [0.25, 0.3) is 0 Å². The predicted molar refractivity (Wildman–Crippen MR) is 125 cm³/mol. The topological polar surface area (TPSA) is 35.5 Å². The smallest absolute Gasteiger partial charge is 0.311 e. The maximum absolute atomic E-state index is 12.9. The molecule has 2 aromatic carbocycles. The molecule has 0 radical (unpaired) electrons. The van der Waals surface area contributed by atoms with Crippen molar-refractivity contribution in [3.63, 3.8) is 0 Å². The van der Waals surface area contributed by atoms with E-state index < -0.39 is 6.10 Å². The summed E-state index contributed by atoms with van der Waals surface area (Å²) in [6.07, 6.45) is 1.31. The average molecular weight is 583 g/mol. The normalized spacial score (nSPS) is 19.9. The van der Waals surface area contributed by atoms with E-state index in [0.717, 1.165) is 14.7 Å². The van der Waals surface area contributed by atoms with E-state index in [1.54, 1.807) is 0 Å². The number of allylic oxidation sites excluding steroid dienone is 1. The maximum atomic E-state index is 12.9. The summed E-state index contributed by atoms with van der Waals surface area (Å²) in [6, 6.07) is 16.9. The molecule has 1 aliphatic carbocycles. The summed E-state index contributed by atoms with van der Waals surface area (Å²) in [5.41, 5.74) is 0.597. The van der Waals surface area contributed by atoms with Gasteiger partial charge in [-0.1, -0.05) is 50.3 Å². The molecule has 1 fully saturated rings. The van der Waals surface area contributed by atoms with Crippen molar-refractivity contribution < 1.29 is 14.3 Å². The Morgan fingerprint density at radius 1 is 1.10 bits per heavy atom. The van der Waals surface area contributed by atoms with Crippen molar-refractivity contribution in [2.24, 2.45) is 17.3 Å². The Balaban J connectivity index is 1.76. The van der Waals surface area contributed by atoms with Crippen LogP contribution in [0.4, 0.5) is 0 Å². The number of ether oxygens (including phenoxy) is 2. The Morgan fingerprint density at radius 3 is 2.45 bits per heavy atom. The van der Waals surface area contributed by atoms with Crippen LogP contribution in [-0.4, -0.2) is 5.97 Å². The lowest BCUT2D eigenvalue weighted by Crippen LogP contribution is -2.14. The fourth-order valence-electron chi connectivity index (χ4n) is 3.36. The van der Waals surface area contributed by atoms with Crippen LogP contribution < -0.4 is 4.74 Å². The Morgan fingerprint density at radius 2 is 1.79 bits per heavy atom. The van der Waals surface area contributed by atoms with Crippen molar-refractivity contribution in [2.45, 2.75) is 20.0 Å². The van der Waals surface area contributed by atoms with E-state index in [9.17, 15) is 4.79 Å². The first-order valence-electron chi connectivity index (χ1n) is 9.00. The minimum atomic E-state index is -0.686. The van der Waals surface area contributed by atoms with E-state index >= 15 is 0 Å². The number of benzene rings is 2. The first kappa shape index (κ1) is 22.1. The van der Waals surface area contributed by atoms with Crippen molar-refractivity contribution in [3.05, 3.63) is 69.6 Å². The van der Waals surface area contributed by atoms with Gasteiger partial charge in [0.1, 0.15) is 11.5 Å². The molecular weight excluding hydrogens is 564 g/mol. The van der Waals surface area contributed by atoms with Crippen LogP contribution in [0.1, 0.15) is 25.5 Å². The van der Waals surface area contributed by atoms with Gasteiger partial charge in [-0.2, -0.15) is 0 Å². The highest BCUT2D eigenvalue weighted by molar-refractivity contribution is 9.28. The maximum Gasteiger partial charge on any atom is 0.311 e. The third-order valence-electron chi connectivity index (χ3n) is 5.03. The minimum absolute atomic E-state index is 0.106. The van der Waals surface area contributed by atoms with Gasteiger partial charge in [0.05, 0.1) is 9.31 Å². The van der Waals surface area contributed by atoms with Crippen molar-refractivity contribution in [1.29, 1.82) is 0 Å². The van der Waals surface area contributed by atoms with Crippen molar-refractivity contribution in [1.82, 2.24) is 0 Å². The van der Waals surface area contributed by atoms with Crippen LogP contribution >= 0.6 is 47.8 Å². The highest BCUT2D eigenvalue weighted by atomic mass is 79.9. The lowest BCUT2D eigenvalue weighted by atomic mass is 10.1. The van der Waals surface area contributed by atoms with Crippen molar-refractivity contribution in [3.8, 4) is 22.2 Å². The molecule has 1 saturated carbocycles. The highest BCUT2D eigenvalue weighted by Crippen LogP contribution is 2.60. The summed E-state index contributed by atoms with van der Waals surface area (Å²) < 4.78 is 12.5. The molecule has 1 aliphatic rings. The fourth-order valence-corrected chi connectivity index (χ4v) is 4.14. The molecule has 3 rings (SSSR count). The van der Waals surface area contributed by atoms with E-state index in [4.69, 9.17) is 9.47 Å². The van der Waals surface area contributed by atoms with Crippen LogP contribution in [0.25, 0.3) is 0 Å². The lowest BCUT2D eigenvalue weighted by Gasteiger charge is -2.15. The molecule has 0 amide bonds. The largest absolute Gasteiger partial charge is 0.457 e. The molecule has 3 nitrogen and oxygen atoms in total. The number of para-hydroxylation sites is 1. The van der Waals surface area contributed by atoms with E-state index in [0.29, 0.717) is 5.75 Å². The molecule has 0 heterocycles. The van der Waals surface area contributed by atoms with Gasteiger partial charge in [-0.25, -0.2) is 0 Å². The van der Waals surface area contributed by atoms with Crippen LogP contribution in [0, 0.1) is 28.0 Å². The predicted octanol–water partition coefficient (Wildman–Crippen LogP) is 7.32. The standard InChI is InChI=1S/C23H19Br3O3/c1-23(2)18(14-20(25)26)21(23)22(27)29-19(11-12-24)15-7-6-10-17(13-15)28-16-8-4-3-5-9-16/h3-10,13-14,18-19,21H,1-2H3/t18-,19-,21-/m1/s1. The summed E-state index contributed by atoms with van der Waals surface area (Å²) in [5.74, 6) is 3.95. The van der Waals surface area contributed by atoms with Gasteiger partial charge in [0.15, 0.2) is 6.10 Å². The summed E-state index contributed by atoms with van der Waals surface area (Å²) in [4.78, 5) is 15.5. The molecule has 150 valence electrons. The molecule has 0 spiro atoms. The van der Waals surface area contributed by atoms with Crippen LogP contribution in [0.5, 0.6) is 11.5 Å². The van der Waals surface area contributed by atoms with E-state index in [-0.39, 0.29) is 23.2 Å². The molecular formula is C23H19Br3O3. The number of esters is 1. The summed E-state index contributed by atoms with van der Waals surface area (Å²) in [7, 11) is 0. The monoisotopic (exact) mass is 580 g/mol. The first-order chi connectivity index (χ1) is 13.8. The Kier molecular flexibility index (Phi) is 7.26. The Labute approximate surface area is 196 Å². The van der Waals surface area contributed by atoms with E-state index in [1.807, 2.05) is 60.7 Å². The van der Waals surface area contributed by atoms with E-state index in [2.05, 4.69) is 72.4 Å². The summed E-state index contributed by atoms with van der Waals surface area (Å²) >= 11 is 9.87. The van der Waals surface area contributed by atoms with Crippen LogP contribution in [0.3, 0.4) is 0 Å². The molecule has 3 atom stereocenters. The van der Waals surface area contributed by atoms with Crippen LogP contribution in [0.2, 0.25) is 0 Å². The molecule has 0 saturated heterocycles. The second-order valence-electron chi connectivity index (χ2n) is 7.32. The summed E-state index contributed by atoms with van der Waals surface area (Å²) in [6.45, 7) is 4.12. The van der Waals surface area contributed by atoms with Crippen LogP contribution in [-0.2, 0) is 9.53 Å². The zero-order valence-electron chi connectivity index (χ0n) is 15.9. The minimum Gasteiger partial charge on any atom is -0.457 e. The molecule has 2 aromatic rings. The van der Waals surface area contributed by atoms with Gasteiger partial charge in [-0.05, 0) is 78.2 Å². The zero-order chi connectivity index (χ0) is 21.0. The zero-order valence-corrected chi connectivity index (χ0v) is 20.6. The van der Waals surface area contributed by atoms with Crippen molar-refractivity contribution in [2.75, 3.05) is 0 Å². The van der Waals surface area contributed by atoms with Gasteiger partial charge in [0, 0.05) is 21.5 Å². The molecule has 0 N–H and O–H groups in total. The molecule has 0 aromatic heterocycles. The average Bonchev–Trinajstić information content (AvgIpc) is 3.21. The van der Waals surface area contributed by atoms with Gasteiger partial charge in [-0.3, -0.25) is 4.79 Å². The fraction of sp³-hybridized carbons (Fsp3) is 0.261. The lowest BCUT2D eigenvalue weighted by molar-refractivity contribution is -0.149. The second-order valence-corrected chi connectivity index (χ2v) is 10.5. The number of hydrogen-bond acceptors (Lipinski definition) is 3. The quantitative estimate of drug-likeness (QED) is 0.264. The number of halogens is 3. The SMILES string of the molecule is CC1(C)[C@H](C=C(Br)Br)[C@@H]1C(=O)O[C@H](C#CBr)c1cccc(Oc2ccccc2)c1. The first-order valence-corrected chi connectivity index (χ1v) is 11.4. The number of hydrogen-bond donors (Lipinski definition) is 0. The molecule has 6 heteroatoms. The third-order valence-corrected chi connectivity index (χ3v) is 5.79. The van der Waals surface area contributed by atoms with Gasteiger partial charge >= 0.3 is 5.97 Å². The molecule has 29 heavy (non-hydrogen) atoms. The number of rotatable bonds is 6. The molecule has 0 aliphatic heterocycles. The van der Waals surface area contributed by atoms with Gasteiger partial charge in [-0.15, -0.1) is 0 Å². The Bertz CT molecular complexity index is 970.